The van der Waals surface area contributed by atoms with E-state index in [-0.39, 0.29) is 12.6 Å². The number of aliphatic hydroxyl groups is 1. The molecule has 0 spiro atoms. The molecule has 1 saturated heterocycles. The fourth-order valence-corrected chi connectivity index (χ4v) is 2.54. The first-order valence-electron chi connectivity index (χ1n) is 6.67. The van der Waals surface area contributed by atoms with E-state index in [1.54, 1.807) is 6.20 Å². The molecule has 100 valence electrons. The minimum atomic E-state index is 0.234. The summed E-state index contributed by atoms with van der Waals surface area (Å²) in [4.78, 5) is 6.72. The topological polar surface area (TPSA) is 45.6 Å². The first-order chi connectivity index (χ1) is 8.74. The fourth-order valence-electron chi connectivity index (χ4n) is 2.54. The van der Waals surface area contributed by atoms with Crippen molar-refractivity contribution in [1.82, 2.24) is 9.88 Å². The molecular formula is C14H22N2O2. The van der Waals surface area contributed by atoms with Crippen LogP contribution < -0.4 is 4.74 Å². The van der Waals surface area contributed by atoms with Crippen LogP contribution in [0.2, 0.25) is 0 Å². The van der Waals surface area contributed by atoms with E-state index >= 15 is 0 Å². The van der Waals surface area contributed by atoms with E-state index < -0.39 is 0 Å². The van der Waals surface area contributed by atoms with Crippen LogP contribution in [0.25, 0.3) is 0 Å². The number of hydrogen-bond acceptors (Lipinski definition) is 4. The van der Waals surface area contributed by atoms with Crippen LogP contribution in [0.1, 0.15) is 26.0 Å². The van der Waals surface area contributed by atoms with E-state index in [9.17, 15) is 5.11 Å². The standard InChI is InChI=1S/C14H22N2O2/c1-3-18-13-5-4-12(15-8-13)9-16-7-6-11(2)14(16)10-17/h4-5,8,11,14,17H,3,6-7,9-10H2,1-2H3/t11-,14+/m0/s1. The highest BCUT2D eigenvalue weighted by atomic mass is 16.5. The lowest BCUT2D eigenvalue weighted by atomic mass is 10.0. The largest absolute Gasteiger partial charge is 0.492 e. The molecule has 0 amide bonds. The summed E-state index contributed by atoms with van der Waals surface area (Å²) in [6.45, 7) is 6.91. The van der Waals surface area contributed by atoms with Crippen molar-refractivity contribution in [2.24, 2.45) is 5.92 Å². The number of hydrogen-bond donors (Lipinski definition) is 1. The molecule has 1 N–H and O–H groups in total. The van der Waals surface area contributed by atoms with Crippen molar-refractivity contribution in [2.45, 2.75) is 32.9 Å². The number of aromatic nitrogens is 1. The fraction of sp³-hybridized carbons (Fsp3) is 0.643. The Labute approximate surface area is 109 Å². The second-order valence-electron chi connectivity index (χ2n) is 4.90. The predicted octanol–water partition coefficient (Wildman–Crippen LogP) is 1.68. The van der Waals surface area contributed by atoms with E-state index in [1.807, 2.05) is 19.1 Å². The van der Waals surface area contributed by atoms with Gasteiger partial charge in [0.15, 0.2) is 0 Å². The molecule has 0 aliphatic carbocycles. The number of rotatable bonds is 5. The molecule has 0 unspecified atom stereocenters. The van der Waals surface area contributed by atoms with Gasteiger partial charge < -0.3 is 9.84 Å². The zero-order chi connectivity index (χ0) is 13.0. The summed E-state index contributed by atoms with van der Waals surface area (Å²) < 4.78 is 5.37. The molecule has 4 nitrogen and oxygen atoms in total. The first kappa shape index (κ1) is 13.3. The average Bonchev–Trinajstić information content (AvgIpc) is 2.72. The second kappa shape index (κ2) is 6.16. The van der Waals surface area contributed by atoms with Crippen LogP contribution >= 0.6 is 0 Å². The van der Waals surface area contributed by atoms with Crippen LogP contribution in [0.5, 0.6) is 5.75 Å². The molecule has 1 aliphatic heterocycles. The van der Waals surface area contributed by atoms with E-state index in [0.717, 1.165) is 31.0 Å². The Kier molecular flexibility index (Phi) is 4.55. The number of nitrogens with zero attached hydrogens (tertiary/aromatic N) is 2. The summed E-state index contributed by atoms with van der Waals surface area (Å²) in [5.41, 5.74) is 1.03. The van der Waals surface area contributed by atoms with Gasteiger partial charge in [-0.1, -0.05) is 6.92 Å². The molecular weight excluding hydrogens is 228 g/mol. The highest BCUT2D eigenvalue weighted by Gasteiger charge is 2.30. The van der Waals surface area contributed by atoms with Crippen molar-refractivity contribution in [1.29, 1.82) is 0 Å². The van der Waals surface area contributed by atoms with Gasteiger partial charge in [0.1, 0.15) is 5.75 Å². The average molecular weight is 250 g/mol. The molecule has 0 saturated carbocycles. The van der Waals surface area contributed by atoms with Gasteiger partial charge in [0.25, 0.3) is 0 Å². The molecule has 0 bridgehead atoms. The van der Waals surface area contributed by atoms with Crippen LogP contribution in [-0.4, -0.2) is 40.8 Å². The van der Waals surface area contributed by atoms with Crippen LogP contribution in [-0.2, 0) is 6.54 Å². The van der Waals surface area contributed by atoms with Crippen molar-refractivity contribution in [3.8, 4) is 5.75 Å². The highest BCUT2D eigenvalue weighted by molar-refractivity contribution is 5.19. The number of likely N-dealkylation sites (tertiary alicyclic amines) is 1. The lowest BCUT2D eigenvalue weighted by Gasteiger charge is -2.24. The number of pyridine rings is 1. The van der Waals surface area contributed by atoms with Crippen molar-refractivity contribution in [3.63, 3.8) is 0 Å². The van der Waals surface area contributed by atoms with E-state index in [2.05, 4.69) is 16.8 Å². The maximum Gasteiger partial charge on any atom is 0.137 e. The lowest BCUT2D eigenvalue weighted by molar-refractivity contribution is 0.133. The van der Waals surface area contributed by atoms with Gasteiger partial charge in [-0.15, -0.1) is 0 Å². The quantitative estimate of drug-likeness (QED) is 0.863. The van der Waals surface area contributed by atoms with Gasteiger partial charge in [-0.2, -0.15) is 0 Å². The molecule has 4 heteroatoms. The van der Waals surface area contributed by atoms with E-state index in [1.165, 1.54) is 0 Å². The predicted molar refractivity (Wildman–Crippen MR) is 70.5 cm³/mol. The Morgan fingerprint density at radius 3 is 2.94 bits per heavy atom. The van der Waals surface area contributed by atoms with Crippen molar-refractivity contribution >= 4 is 0 Å². The zero-order valence-electron chi connectivity index (χ0n) is 11.2. The summed E-state index contributed by atoms with van der Waals surface area (Å²) in [5.74, 6) is 1.38. The highest BCUT2D eigenvalue weighted by Crippen LogP contribution is 2.25. The van der Waals surface area contributed by atoms with Gasteiger partial charge in [-0.25, -0.2) is 0 Å². The van der Waals surface area contributed by atoms with Gasteiger partial charge in [-0.3, -0.25) is 9.88 Å². The number of aliphatic hydroxyl groups excluding tert-OH is 1. The maximum atomic E-state index is 9.42. The molecule has 1 aliphatic rings. The first-order valence-corrected chi connectivity index (χ1v) is 6.67. The van der Waals surface area contributed by atoms with E-state index in [4.69, 9.17) is 4.74 Å². The van der Waals surface area contributed by atoms with E-state index in [0.29, 0.717) is 12.5 Å². The molecule has 2 heterocycles. The molecule has 2 rings (SSSR count). The Morgan fingerprint density at radius 2 is 2.33 bits per heavy atom. The minimum absolute atomic E-state index is 0.234. The van der Waals surface area contributed by atoms with Crippen LogP contribution in [0.3, 0.4) is 0 Å². The summed E-state index contributed by atoms with van der Waals surface area (Å²) >= 11 is 0. The van der Waals surface area contributed by atoms with Gasteiger partial charge in [0, 0.05) is 12.6 Å². The molecule has 1 fully saturated rings. The third-order valence-electron chi connectivity index (χ3n) is 3.66. The molecule has 1 aromatic rings. The van der Waals surface area contributed by atoms with Gasteiger partial charge in [0.05, 0.1) is 25.1 Å². The van der Waals surface area contributed by atoms with Crippen molar-refractivity contribution in [2.75, 3.05) is 19.8 Å². The monoisotopic (exact) mass is 250 g/mol. The molecule has 0 radical (unpaired) electrons. The molecule has 0 aromatic carbocycles. The van der Waals surface area contributed by atoms with Gasteiger partial charge >= 0.3 is 0 Å². The Morgan fingerprint density at radius 1 is 1.50 bits per heavy atom. The Balaban J connectivity index is 1.96. The normalized spacial score (nSPS) is 24.4. The lowest BCUT2D eigenvalue weighted by Crippen LogP contribution is -2.34. The zero-order valence-corrected chi connectivity index (χ0v) is 11.2. The molecule has 2 atom stereocenters. The Hall–Kier alpha value is -1.13. The summed E-state index contributed by atoms with van der Waals surface area (Å²) in [6, 6.07) is 4.24. The molecule has 1 aromatic heterocycles. The third-order valence-corrected chi connectivity index (χ3v) is 3.66. The molecule has 18 heavy (non-hydrogen) atoms. The van der Waals surface area contributed by atoms with Crippen LogP contribution in [0, 0.1) is 5.92 Å². The number of ether oxygens (including phenoxy) is 1. The maximum absolute atomic E-state index is 9.42. The van der Waals surface area contributed by atoms with Crippen LogP contribution in [0.4, 0.5) is 0 Å². The van der Waals surface area contributed by atoms with Gasteiger partial charge in [0.2, 0.25) is 0 Å². The SMILES string of the molecule is CCOc1ccc(CN2CC[C@H](C)[C@H]2CO)nc1. The second-order valence-corrected chi connectivity index (χ2v) is 4.90. The summed E-state index contributed by atoms with van der Waals surface area (Å²) in [5, 5.41) is 9.42. The third kappa shape index (κ3) is 3.00. The van der Waals surface area contributed by atoms with Crippen molar-refractivity contribution in [3.05, 3.63) is 24.0 Å². The minimum Gasteiger partial charge on any atom is -0.492 e. The van der Waals surface area contributed by atoms with Gasteiger partial charge in [-0.05, 0) is 37.9 Å². The summed E-state index contributed by atoms with van der Waals surface area (Å²) in [7, 11) is 0. The summed E-state index contributed by atoms with van der Waals surface area (Å²) in [6.07, 6.45) is 2.93. The smallest absolute Gasteiger partial charge is 0.137 e. The van der Waals surface area contributed by atoms with Crippen LogP contribution in [0.15, 0.2) is 18.3 Å². The van der Waals surface area contributed by atoms with Crippen molar-refractivity contribution < 1.29 is 9.84 Å². The Bertz CT molecular complexity index is 367.